The van der Waals surface area contributed by atoms with E-state index < -0.39 is 10.7 Å². The van der Waals surface area contributed by atoms with Gasteiger partial charge in [-0.25, -0.2) is 0 Å². The molecule has 1 aromatic rings. The van der Waals surface area contributed by atoms with E-state index in [-0.39, 0.29) is 0 Å². The Morgan fingerprint density at radius 1 is 1.07 bits per heavy atom. The maximum absolute atomic E-state index is 9.82. The number of nitrogen functional groups attached to an aromatic ring is 1. The van der Waals surface area contributed by atoms with Gasteiger partial charge in [0.15, 0.2) is 5.06 Å². The van der Waals surface area contributed by atoms with Crippen molar-refractivity contribution in [2.75, 3.05) is 5.73 Å². The first kappa shape index (κ1) is 12.3. The van der Waals surface area contributed by atoms with Gasteiger partial charge in [0, 0.05) is 11.3 Å². The summed E-state index contributed by atoms with van der Waals surface area (Å²) in [6.45, 7) is 4.75. The molecule has 1 atom stereocenters. The number of hydrogen-bond acceptors (Lipinski definition) is 3. The number of alkyl halides is 1. The van der Waals surface area contributed by atoms with Crippen molar-refractivity contribution in [3.63, 3.8) is 0 Å². The zero-order valence-corrected chi connectivity index (χ0v) is 9.84. The highest BCUT2D eigenvalue weighted by Gasteiger charge is 2.23. The predicted molar refractivity (Wildman–Crippen MR) is 61.5 cm³/mol. The molecule has 15 heavy (non-hydrogen) atoms. The summed E-state index contributed by atoms with van der Waals surface area (Å²) in [5, 5.41) is 18.0. The first-order valence-corrected chi connectivity index (χ1v) is 5.03. The van der Waals surface area contributed by atoms with Crippen LogP contribution in [0.3, 0.4) is 0 Å². The van der Waals surface area contributed by atoms with Crippen LogP contribution in [0.1, 0.15) is 31.9 Å². The van der Waals surface area contributed by atoms with Crippen LogP contribution in [-0.4, -0.2) is 10.2 Å². The van der Waals surface area contributed by atoms with Gasteiger partial charge in [-0.1, -0.05) is 11.6 Å². The van der Waals surface area contributed by atoms with Crippen molar-refractivity contribution in [2.45, 2.75) is 31.4 Å². The van der Waals surface area contributed by atoms with Gasteiger partial charge in [0.05, 0.1) is 5.60 Å². The maximum atomic E-state index is 9.82. The third kappa shape index (κ3) is 3.09. The molecule has 0 spiro atoms. The summed E-state index contributed by atoms with van der Waals surface area (Å²) < 4.78 is 0. The van der Waals surface area contributed by atoms with Crippen LogP contribution in [0.2, 0.25) is 0 Å². The summed E-state index contributed by atoms with van der Waals surface area (Å²) in [5.74, 6) is 0. The summed E-state index contributed by atoms with van der Waals surface area (Å²) in [4.78, 5) is 0. The number of nitrogens with two attached hydrogens (primary N) is 1. The molecule has 3 nitrogen and oxygen atoms in total. The van der Waals surface area contributed by atoms with Crippen molar-refractivity contribution in [1.82, 2.24) is 0 Å². The SMILES string of the molecule is CC(C)(O)c1cc(N)cc(C(C)(O)Cl)c1. The molecule has 0 amide bonds. The first-order valence-electron chi connectivity index (χ1n) is 4.66. The Hall–Kier alpha value is -0.770. The molecule has 0 bridgehead atoms. The smallest absolute Gasteiger partial charge is 0.161 e. The van der Waals surface area contributed by atoms with Crippen LogP contribution >= 0.6 is 11.6 Å². The lowest BCUT2D eigenvalue weighted by atomic mass is 9.94. The van der Waals surface area contributed by atoms with E-state index in [1.807, 2.05) is 0 Å². The van der Waals surface area contributed by atoms with Gasteiger partial charge >= 0.3 is 0 Å². The largest absolute Gasteiger partial charge is 0.399 e. The number of halogens is 1. The Balaban J connectivity index is 3.30. The molecule has 1 aromatic carbocycles. The highest BCUT2D eigenvalue weighted by molar-refractivity contribution is 6.22. The number of rotatable bonds is 2. The molecule has 0 aliphatic carbocycles. The van der Waals surface area contributed by atoms with Crippen molar-refractivity contribution >= 4 is 17.3 Å². The quantitative estimate of drug-likeness (QED) is 0.536. The summed E-state index contributed by atoms with van der Waals surface area (Å²) >= 11 is 5.77. The maximum Gasteiger partial charge on any atom is 0.161 e. The lowest BCUT2D eigenvalue weighted by Crippen LogP contribution is -2.19. The van der Waals surface area contributed by atoms with E-state index in [9.17, 15) is 10.2 Å². The minimum atomic E-state index is -1.48. The molecule has 0 aromatic heterocycles. The molecule has 0 saturated carbocycles. The number of hydrogen-bond donors (Lipinski definition) is 3. The van der Waals surface area contributed by atoms with Crippen molar-refractivity contribution in [1.29, 1.82) is 0 Å². The van der Waals surface area contributed by atoms with E-state index in [0.717, 1.165) is 0 Å². The van der Waals surface area contributed by atoms with E-state index in [1.165, 1.54) is 6.92 Å². The zero-order chi connectivity index (χ0) is 11.9. The van der Waals surface area contributed by atoms with Crippen LogP contribution in [0, 0.1) is 0 Å². The lowest BCUT2D eigenvalue weighted by Gasteiger charge is -2.22. The minimum absolute atomic E-state index is 0.463. The van der Waals surface area contributed by atoms with E-state index in [4.69, 9.17) is 17.3 Å². The molecule has 1 unspecified atom stereocenters. The van der Waals surface area contributed by atoms with Crippen LogP contribution in [0.15, 0.2) is 18.2 Å². The molecule has 0 aliphatic heterocycles. The summed E-state index contributed by atoms with van der Waals surface area (Å²) in [6.07, 6.45) is 0. The summed E-state index contributed by atoms with van der Waals surface area (Å²) in [5.41, 5.74) is 6.22. The van der Waals surface area contributed by atoms with Crippen LogP contribution in [0.25, 0.3) is 0 Å². The van der Waals surface area contributed by atoms with Gasteiger partial charge < -0.3 is 15.9 Å². The molecule has 0 fully saturated rings. The topological polar surface area (TPSA) is 66.5 Å². The molecule has 1 rings (SSSR count). The number of aliphatic hydroxyl groups is 2. The summed E-state index contributed by atoms with van der Waals surface area (Å²) in [7, 11) is 0. The second-order valence-corrected chi connectivity index (χ2v) is 5.09. The molecule has 4 N–H and O–H groups in total. The molecule has 0 aliphatic rings. The lowest BCUT2D eigenvalue weighted by molar-refractivity contribution is 0.0780. The van der Waals surface area contributed by atoms with E-state index in [2.05, 4.69) is 0 Å². The van der Waals surface area contributed by atoms with E-state index in [0.29, 0.717) is 16.8 Å². The van der Waals surface area contributed by atoms with Gasteiger partial charge in [0.25, 0.3) is 0 Å². The summed E-state index contributed by atoms with van der Waals surface area (Å²) in [6, 6.07) is 4.89. The molecule has 4 heteroatoms. The Morgan fingerprint density at radius 2 is 1.53 bits per heavy atom. The Bertz CT molecular complexity index is 332. The number of benzene rings is 1. The molecule has 84 valence electrons. The minimum Gasteiger partial charge on any atom is -0.399 e. The number of anilines is 1. The second kappa shape index (κ2) is 3.67. The normalized spacial score (nSPS) is 16.1. The average Bonchev–Trinajstić information content (AvgIpc) is 1.99. The van der Waals surface area contributed by atoms with Gasteiger partial charge in [0.1, 0.15) is 0 Å². The van der Waals surface area contributed by atoms with Gasteiger partial charge in [-0.2, -0.15) is 0 Å². The standard InChI is InChI=1S/C11H16ClNO2/c1-10(2,14)7-4-8(11(3,12)15)6-9(13)5-7/h4-6,14-15H,13H2,1-3H3. The Morgan fingerprint density at radius 3 is 1.93 bits per heavy atom. The van der Waals surface area contributed by atoms with Crippen LogP contribution in [-0.2, 0) is 10.7 Å². The average molecular weight is 230 g/mol. The molecule has 0 radical (unpaired) electrons. The fraction of sp³-hybridized carbons (Fsp3) is 0.455. The molecule has 0 heterocycles. The first-order chi connectivity index (χ1) is 6.60. The fourth-order valence-electron chi connectivity index (χ4n) is 1.27. The Kier molecular flexibility index (Phi) is 3.01. The van der Waals surface area contributed by atoms with Crippen LogP contribution in [0.4, 0.5) is 5.69 Å². The monoisotopic (exact) mass is 229 g/mol. The van der Waals surface area contributed by atoms with Crippen molar-refractivity contribution < 1.29 is 10.2 Å². The third-order valence-corrected chi connectivity index (χ3v) is 2.41. The fourth-order valence-corrected chi connectivity index (χ4v) is 1.38. The van der Waals surface area contributed by atoms with Gasteiger partial charge in [-0.15, -0.1) is 0 Å². The second-order valence-electron chi connectivity index (χ2n) is 4.36. The highest BCUT2D eigenvalue weighted by Crippen LogP contribution is 2.31. The Labute approximate surface area is 94.5 Å². The van der Waals surface area contributed by atoms with Crippen LogP contribution < -0.4 is 5.73 Å². The van der Waals surface area contributed by atoms with Crippen molar-refractivity contribution in [3.8, 4) is 0 Å². The molecular weight excluding hydrogens is 214 g/mol. The van der Waals surface area contributed by atoms with Crippen molar-refractivity contribution in [3.05, 3.63) is 29.3 Å². The van der Waals surface area contributed by atoms with E-state index >= 15 is 0 Å². The third-order valence-electron chi connectivity index (χ3n) is 2.19. The predicted octanol–water partition coefficient (Wildman–Crippen LogP) is 1.90. The van der Waals surface area contributed by atoms with Crippen LogP contribution in [0.5, 0.6) is 0 Å². The highest BCUT2D eigenvalue weighted by atomic mass is 35.5. The molecular formula is C11H16ClNO2. The van der Waals surface area contributed by atoms with Gasteiger partial charge in [-0.05, 0) is 44.5 Å². The van der Waals surface area contributed by atoms with E-state index in [1.54, 1.807) is 32.0 Å². The zero-order valence-electron chi connectivity index (χ0n) is 9.08. The van der Waals surface area contributed by atoms with Crippen molar-refractivity contribution in [2.24, 2.45) is 0 Å². The van der Waals surface area contributed by atoms with Gasteiger partial charge in [0.2, 0.25) is 0 Å². The molecule has 0 saturated heterocycles. The van der Waals surface area contributed by atoms with Gasteiger partial charge in [-0.3, -0.25) is 0 Å².